The van der Waals surface area contributed by atoms with Crippen molar-refractivity contribution >= 4 is 5.97 Å². The molecule has 0 unspecified atom stereocenters. The summed E-state index contributed by atoms with van der Waals surface area (Å²) in [5.74, 6) is -0.630. The number of carbonyl (C=O) groups excluding carboxylic acids is 1. The van der Waals surface area contributed by atoms with Gasteiger partial charge in [0.25, 0.3) is 0 Å². The fraction of sp³-hybridized carbons (Fsp3) is 0.647. The minimum atomic E-state index is -0.630. The Balaban J connectivity index is 2.20. The van der Waals surface area contributed by atoms with E-state index >= 15 is 0 Å². The molecular formula is C17H26N2O5. The van der Waals surface area contributed by atoms with Gasteiger partial charge >= 0.3 is 5.97 Å². The van der Waals surface area contributed by atoms with E-state index in [4.69, 9.17) is 24.2 Å². The molecule has 0 atom stereocenters. The van der Waals surface area contributed by atoms with Gasteiger partial charge in [0.15, 0.2) is 0 Å². The lowest BCUT2D eigenvalue weighted by Crippen LogP contribution is -2.14. The van der Waals surface area contributed by atoms with Crippen molar-refractivity contribution in [2.45, 2.75) is 12.8 Å². The highest BCUT2D eigenvalue weighted by atomic mass is 16.6. The van der Waals surface area contributed by atoms with Gasteiger partial charge < -0.3 is 23.8 Å². The molecule has 1 heterocycles. The van der Waals surface area contributed by atoms with Crippen LogP contribution in [0.1, 0.15) is 12.8 Å². The number of rotatable bonds is 11. The Bertz CT molecular complexity index is 482. The van der Waals surface area contributed by atoms with Gasteiger partial charge in [0, 0.05) is 26.4 Å². The van der Waals surface area contributed by atoms with Gasteiger partial charge in [0.2, 0.25) is 0 Å². The average Bonchev–Trinajstić information content (AvgIpc) is 2.99. The number of likely N-dealkylation sites (tertiary alicyclic amines) is 1. The first kappa shape index (κ1) is 20.2. The molecular weight excluding hydrogens is 312 g/mol. The zero-order chi connectivity index (χ0) is 17.6. The number of methoxy groups -OCH3 is 1. The number of hydrogen-bond donors (Lipinski definition) is 0. The second kappa shape index (κ2) is 12.5. The Morgan fingerprint density at radius 1 is 1.21 bits per heavy atom. The van der Waals surface area contributed by atoms with E-state index in [1.165, 1.54) is 6.08 Å². The minimum absolute atomic E-state index is 0.00861. The van der Waals surface area contributed by atoms with E-state index in [0.29, 0.717) is 26.4 Å². The van der Waals surface area contributed by atoms with Crippen molar-refractivity contribution in [2.75, 3.05) is 60.3 Å². The third kappa shape index (κ3) is 8.11. The molecule has 1 aliphatic rings. The topological polar surface area (TPSA) is 81.0 Å². The number of allylic oxidation sites excluding steroid dienone is 3. The minimum Gasteiger partial charge on any atom is -0.459 e. The van der Waals surface area contributed by atoms with Gasteiger partial charge in [-0.05, 0) is 25.0 Å². The van der Waals surface area contributed by atoms with Crippen LogP contribution in [0.25, 0.3) is 0 Å². The molecule has 0 spiro atoms. The molecule has 1 fully saturated rings. The van der Waals surface area contributed by atoms with Crippen LogP contribution in [0.5, 0.6) is 0 Å². The molecule has 0 N–H and O–H groups in total. The summed E-state index contributed by atoms with van der Waals surface area (Å²) < 4.78 is 20.4. The van der Waals surface area contributed by atoms with E-state index in [1.54, 1.807) is 13.2 Å². The Hall–Kier alpha value is -1.88. The van der Waals surface area contributed by atoms with Gasteiger partial charge in [-0.2, -0.15) is 5.26 Å². The SMILES string of the molecule is COCCOCCOCCOC(=O)/C(C#N)=C\C=C1/CCCN1C. The number of ether oxygens (including phenoxy) is 4. The first-order chi connectivity index (χ1) is 11.7. The first-order valence-corrected chi connectivity index (χ1v) is 8.02. The summed E-state index contributed by atoms with van der Waals surface area (Å²) in [4.78, 5) is 13.9. The molecule has 0 aromatic carbocycles. The van der Waals surface area contributed by atoms with Crippen LogP contribution in [0.3, 0.4) is 0 Å². The van der Waals surface area contributed by atoms with E-state index < -0.39 is 5.97 Å². The summed E-state index contributed by atoms with van der Waals surface area (Å²) in [5.41, 5.74) is 1.11. The lowest BCUT2D eigenvalue weighted by Gasteiger charge is -2.11. The van der Waals surface area contributed by atoms with Crippen molar-refractivity contribution in [3.8, 4) is 6.07 Å². The maximum absolute atomic E-state index is 11.8. The Kier molecular flexibility index (Phi) is 10.5. The zero-order valence-corrected chi connectivity index (χ0v) is 14.5. The number of carbonyl (C=O) groups is 1. The Morgan fingerprint density at radius 3 is 2.46 bits per heavy atom. The van der Waals surface area contributed by atoms with Gasteiger partial charge in [-0.25, -0.2) is 4.79 Å². The summed E-state index contributed by atoms with van der Waals surface area (Å²) in [5, 5.41) is 9.06. The fourth-order valence-electron chi connectivity index (χ4n) is 2.11. The predicted octanol–water partition coefficient (Wildman–Crippen LogP) is 1.27. The standard InChI is InChI=1S/C17H26N2O5/c1-19-7-3-4-16(19)6-5-15(14-18)17(20)24-13-12-23-11-10-22-9-8-21-2/h5-6H,3-4,7-13H2,1-2H3/b15-5-,16-6+. The fourth-order valence-corrected chi connectivity index (χ4v) is 2.11. The third-order valence-electron chi connectivity index (χ3n) is 3.46. The summed E-state index contributed by atoms with van der Waals surface area (Å²) in [6.07, 6.45) is 5.38. The lowest BCUT2D eigenvalue weighted by molar-refractivity contribution is -0.140. The molecule has 24 heavy (non-hydrogen) atoms. The highest BCUT2D eigenvalue weighted by molar-refractivity contribution is 5.93. The van der Waals surface area contributed by atoms with Crippen LogP contribution in [0.2, 0.25) is 0 Å². The molecule has 0 aromatic rings. The molecule has 1 saturated heterocycles. The number of nitriles is 1. The predicted molar refractivity (Wildman–Crippen MR) is 88.1 cm³/mol. The Labute approximate surface area is 143 Å². The van der Waals surface area contributed by atoms with Crippen molar-refractivity contribution in [3.63, 3.8) is 0 Å². The highest BCUT2D eigenvalue weighted by Crippen LogP contribution is 2.18. The largest absolute Gasteiger partial charge is 0.459 e. The number of hydrogen-bond acceptors (Lipinski definition) is 7. The van der Waals surface area contributed by atoms with Crippen molar-refractivity contribution in [1.29, 1.82) is 5.26 Å². The van der Waals surface area contributed by atoms with Gasteiger partial charge in [-0.15, -0.1) is 0 Å². The lowest BCUT2D eigenvalue weighted by atomic mass is 10.2. The average molecular weight is 338 g/mol. The zero-order valence-electron chi connectivity index (χ0n) is 14.5. The van der Waals surface area contributed by atoms with Gasteiger partial charge in [-0.1, -0.05) is 0 Å². The molecule has 0 aromatic heterocycles. The third-order valence-corrected chi connectivity index (χ3v) is 3.46. The summed E-state index contributed by atoms with van der Waals surface area (Å²) in [6, 6.07) is 1.87. The molecule has 1 aliphatic heterocycles. The van der Waals surface area contributed by atoms with Crippen LogP contribution in [-0.2, 0) is 23.7 Å². The van der Waals surface area contributed by atoms with Crippen molar-refractivity contribution < 1.29 is 23.7 Å². The summed E-state index contributed by atoms with van der Waals surface area (Å²) in [6.45, 7) is 3.32. The van der Waals surface area contributed by atoms with E-state index in [-0.39, 0.29) is 18.8 Å². The molecule has 1 rings (SSSR count). The second-order valence-electron chi connectivity index (χ2n) is 5.23. The van der Waals surface area contributed by atoms with Gasteiger partial charge in [0.05, 0.1) is 33.0 Å². The van der Waals surface area contributed by atoms with Crippen LogP contribution in [0.4, 0.5) is 0 Å². The molecule has 0 bridgehead atoms. The van der Waals surface area contributed by atoms with Gasteiger partial charge in [0.1, 0.15) is 18.2 Å². The van der Waals surface area contributed by atoms with Gasteiger partial charge in [-0.3, -0.25) is 0 Å². The molecule has 0 saturated carbocycles. The number of esters is 1. The normalized spacial score (nSPS) is 16.5. The molecule has 7 heteroatoms. The van der Waals surface area contributed by atoms with Crippen LogP contribution >= 0.6 is 0 Å². The van der Waals surface area contributed by atoms with E-state index in [9.17, 15) is 4.79 Å². The van der Waals surface area contributed by atoms with E-state index in [1.807, 2.05) is 13.1 Å². The quantitative estimate of drug-likeness (QED) is 0.243. The van der Waals surface area contributed by atoms with E-state index in [0.717, 1.165) is 25.1 Å². The highest BCUT2D eigenvalue weighted by Gasteiger charge is 2.13. The van der Waals surface area contributed by atoms with Crippen molar-refractivity contribution in [1.82, 2.24) is 4.90 Å². The molecule has 0 aliphatic carbocycles. The maximum Gasteiger partial charge on any atom is 0.348 e. The monoisotopic (exact) mass is 338 g/mol. The first-order valence-electron chi connectivity index (χ1n) is 8.02. The molecule has 0 amide bonds. The van der Waals surface area contributed by atoms with Crippen LogP contribution in [-0.4, -0.2) is 71.2 Å². The molecule has 134 valence electrons. The second-order valence-corrected chi connectivity index (χ2v) is 5.23. The smallest absolute Gasteiger partial charge is 0.348 e. The molecule has 0 radical (unpaired) electrons. The maximum atomic E-state index is 11.8. The van der Waals surface area contributed by atoms with Crippen LogP contribution in [0.15, 0.2) is 23.4 Å². The van der Waals surface area contributed by atoms with E-state index in [2.05, 4.69) is 4.90 Å². The number of nitrogens with zero attached hydrogens (tertiary/aromatic N) is 2. The van der Waals surface area contributed by atoms with Crippen LogP contribution < -0.4 is 0 Å². The Morgan fingerprint density at radius 2 is 1.88 bits per heavy atom. The van der Waals surface area contributed by atoms with Crippen LogP contribution in [0, 0.1) is 11.3 Å². The summed E-state index contributed by atoms with van der Waals surface area (Å²) >= 11 is 0. The molecule has 7 nitrogen and oxygen atoms in total. The van der Waals surface area contributed by atoms with Crippen molar-refractivity contribution in [3.05, 3.63) is 23.4 Å². The van der Waals surface area contributed by atoms with Crippen molar-refractivity contribution in [2.24, 2.45) is 0 Å². The summed E-state index contributed by atoms with van der Waals surface area (Å²) in [7, 11) is 3.61.